The fourth-order valence-corrected chi connectivity index (χ4v) is 8.85. The molecule has 0 radical (unpaired) electrons. The number of aryl methyl sites for hydroxylation is 1. The summed E-state index contributed by atoms with van der Waals surface area (Å²) >= 11 is 7.16. The number of nitrogens with one attached hydrogen (secondary N) is 2. The van der Waals surface area contributed by atoms with Gasteiger partial charge in [-0.2, -0.15) is 18.4 Å². The average molecular weight is 920 g/mol. The van der Waals surface area contributed by atoms with Crippen molar-refractivity contribution < 1.29 is 46.9 Å². The van der Waals surface area contributed by atoms with Gasteiger partial charge in [-0.25, -0.2) is 4.98 Å². The van der Waals surface area contributed by atoms with Crippen molar-refractivity contribution in [2.24, 2.45) is 5.41 Å². The van der Waals surface area contributed by atoms with Crippen LogP contribution in [-0.2, 0) is 36.6 Å². The molecule has 19 heteroatoms. The summed E-state index contributed by atoms with van der Waals surface area (Å²) in [4.78, 5) is 63.3. The third-order valence-electron chi connectivity index (χ3n) is 10.9. The Balaban J connectivity index is 0.989. The lowest BCUT2D eigenvalue weighted by Crippen LogP contribution is -2.58. The van der Waals surface area contributed by atoms with Crippen LogP contribution in [0.25, 0.3) is 10.4 Å². The van der Waals surface area contributed by atoms with Gasteiger partial charge in [0.1, 0.15) is 36.6 Å². The molecule has 3 heterocycles. The van der Waals surface area contributed by atoms with Crippen molar-refractivity contribution >= 4 is 63.7 Å². The van der Waals surface area contributed by atoms with Crippen LogP contribution < -0.4 is 25.2 Å². The second kappa shape index (κ2) is 19.0. The van der Waals surface area contributed by atoms with Gasteiger partial charge in [-0.15, -0.1) is 11.3 Å². The summed E-state index contributed by atoms with van der Waals surface area (Å²) in [5.74, 6) is -1.64. The summed E-state index contributed by atoms with van der Waals surface area (Å²) < 4.78 is 52.5. The number of carbonyl (C=O) groups excluding carboxylic acids is 4. The Morgan fingerprint density at radius 1 is 1.05 bits per heavy atom. The lowest BCUT2D eigenvalue weighted by molar-refractivity contribution is -0.144. The number of thiazole rings is 1. The summed E-state index contributed by atoms with van der Waals surface area (Å²) in [6.07, 6.45) is -5.70. The number of hydrogen-bond acceptors (Lipinski definition) is 11. The topological polar surface area (TPSA) is 177 Å². The number of anilines is 2. The first-order chi connectivity index (χ1) is 30.1. The molecule has 3 aromatic carbocycles. The first-order valence-electron chi connectivity index (χ1n) is 20.3. The van der Waals surface area contributed by atoms with E-state index in [0.29, 0.717) is 11.4 Å². The molecule has 338 valence electrons. The quantitative estimate of drug-likeness (QED) is 0.0980. The van der Waals surface area contributed by atoms with Crippen LogP contribution in [0.2, 0.25) is 0 Å². The smallest absolute Gasteiger partial charge is 0.417 e. The molecule has 14 nitrogen and oxygen atoms in total. The molecule has 2 aliphatic rings. The van der Waals surface area contributed by atoms with Gasteiger partial charge in [-0.05, 0) is 92.0 Å². The van der Waals surface area contributed by atoms with Gasteiger partial charge in [0.25, 0.3) is 5.91 Å². The Morgan fingerprint density at radius 2 is 1.72 bits per heavy atom. The Morgan fingerprint density at radius 3 is 2.33 bits per heavy atom. The zero-order valence-corrected chi connectivity index (χ0v) is 37.6. The van der Waals surface area contributed by atoms with Gasteiger partial charge in [0, 0.05) is 25.2 Å². The van der Waals surface area contributed by atoms with E-state index < -0.39 is 76.7 Å². The molecule has 2 saturated heterocycles. The lowest BCUT2D eigenvalue weighted by Gasteiger charge is -2.35. The molecule has 4 amide bonds. The van der Waals surface area contributed by atoms with Gasteiger partial charge in [0.2, 0.25) is 17.7 Å². The van der Waals surface area contributed by atoms with Crippen LogP contribution in [0.3, 0.4) is 0 Å². The summed E-state index contributed by atoms with van der Waals surface area (Å²) in [6.45, 7) is 10.3. The Kier molecular flexibility index (Phi) is 14.1. The molecule has 0 spiro atoms. The Hall–Kier alpha value is -5.94. The van der Waals surface area contributed by atoms with E-state index in [9.17, 15) is 42.7 Å². The third-order valence-corrected chi connectivity index (χ3v) is 12.2. The van der Waals surface area contributed by atoms with Gasteiger partial charge in [-0.3, -0.25) is 24.1 Å². The number of aliphatic hydroxyl groups is 1. The van der Waals surface area contributed by atoms with Gasteiger partial charge in [0.05, 0.1) is 51.7 Å². The van der Waals surface area contributed by atoms with E-state index in [1.54, 1.807) is 75.7 Å². The highest BCUT2D eigenvalue weighted by Gasteiger charge is 2.51. The van der Waals surface area contributed by atoms with Crippen LogP contribution in [0, 0.1) is 23.7 Å². The summed E-state index contributed by atoms with van der Waals surface area (Å²) in [5, 5.41) is 25.3. The fourth-order valence-electron chi connectivity index (χ4n) is 7.52. The number of amides is 4. The van der Waals surface area contributed by atoms with E-state index in [0.717, 1.165) is 38.7 Å². The minimum Gasteiger partial charge on any atom is -0.491 e. The van der Waals surface area contributed by atoms with Crippen LogP contribution in [0.4, 0.5) is 24.5 Å². The summed E-state index contributed by atoms with van der Waals surface area (Å²) in [7, 11) is 0. The highest BCUT2D eigenvalue weighted by Crippen LogP contribution is 2.40. The maximum Gasteiger partial charge on any atom is 0.417 e. The van der Waals surface area contributed by atoms with Gasteiger partial charge in [-0.1, -0.05) is 45.0 Å². The number of thiocarbonyl (C=S) groups is 1. The average Bonchev–Trinajstić information content (AvgIpc) is 3.90. The number of nitrogens with zero attached hydrogens (tertiary/aromatic N) is 5. The number of alkyl halides is 3. The molecule has 2 aliphatic heterocycles. The highest BCUT2D eigenvalue weighted by atomic mass is 32.1. The van der Waals surface area contributed by atoms with E-state index in [2.05, 4.69) is 15.6 Å². The second-order valence-electron chi connectivity index (χ2n) is 17.0. The Bertz CT molecular complexity index is 2450. The van der Waals surface area contributed by atoms with E-state index in [1.165, 1.54) is 21.9 Å². The van der Waals surface area contributed by atoms with Crippen molar-refractivity contribution in [2.75, 3.05) is 36.2 Å². The molecule has 2 fully saturated rings. The number of ether oxygens (including phenoxy) is 2. The molecular weight excluding hydrogens is 872 g/mol. The normalized spacial score (nSPS) is 17.9. The number of benzene rings is 3. The maximum absolute atomic E-state index is 14.0. The maximum atomic E-state index is 14.0. The molecule has 0 bridgehead atoms. The third kappa shape index (κ3) is 10.4. The van der Waals surface area contributed by atoms with Crippen molar-refractivity contribution in [1.29, 1.82) is 5.26 Å². The molecule has 3 atom stereocenters. The molecule has 4 aromatic rings. The zero-order chi connectivity index (χ0) is 46.7. The first kappa shape index (κ1) is 47.5. The monoisotopic (exact) mass is 919 g/mol. The van der Waals surface area contributed by atoms with Crippen molar-refractivity contribution in [2.45, 2.75) is 84.4 Å². The second-order valence-corrected chi connectivity index (χ2v) is 18.2. The number of carbonyl (C=O) groups is 4. The Labute approximate surface area is 378 Å². The number of nitriles is 1. The van der Waals surface area contributed by atoms with Crippen molar-refractivity contribution in [1.82, 2.24) is 20.5 Å². The van der Waals surface area contributed by atoms with Crippen LogP contribution in [0.1, 0.15) is 63.4 Å². The number of likely N-dealkylation sites (tertiary alicyclic amines) is 1. The molecule has 0 saturated carbocycles. The number of halogens is 3. The molecule has 3 N–H and O–H groups in total. The fraction of sp³-hybridized carbons (Fsp3) is 0.400. The predicted octanol–water partition coefficient (Wildman–Crippen LogP) is 6.13. The van der Waals surface area contributed by atoms with Gasteiger partial charge < -0.3 is 35.0 Å². The number of β-amino-alcohol motifs (C(OH)–C–C–N with tert-alkyl or cyclic N) is 1. The molecular formula is C45H48F3N7O7S2. The highest BCUT2D eigenvalue weighted by molar-refractivity contribution is 7.81. The van der Waals surface area contributed by atoms with Crippen molar-refractivity contribution in [3.8, 4) is 22.3 Å². The number of hydrogen-bond donors (Lipinski definition) is 3. The van der Waals surface area contributed by atoms with Crippen molar-refractivity contribution in [3.05, 3.63) is 94.6 Å². The standard InChI is InChI=1S/C45H48F3N7O7S2/c1-26-37(64-25-51-26)28-9-7-27(8-10-28)22-50-39(58)35-20-32(56)23-53(35)40(59)38(43(2,3)4)52-36(57)24-61-17-18-62-33-15-13-30(14-16-33)55-42(63)54(41(60)44(55,5)6)31-12-11-29(21-49)34(19-31)45(46,47)48/h7-16,19,25,32,35,38,56H,17-18,20,22-24H2,1-6H3,(H,50,58)(H,52,57)/t32-,35+,38-/m1/s1. The molecule has 0 aliphatic carbocycles. The van der Waals surface area contributed by atoms with E-state index in [-0.39, 0.29) is 43.5 Å². The minimum absolute atomic E-state index is 0.00527. The van der Waals surface area contributed by atoms with Crippen LogP contribution >= 0.6 is 23.6 Å². The lowest BCUT2D eigenvalue weighted by atomic mass is 9.85. The predicted molar refractivity (Wildman–Crippen MR) is 237 cm³/mol. The molecule has 0 unspecified atom stereocenters. The number of aromatic nitrogens is 1. The number of rotatable bonds is 14. The van der Waals surface area contributed by atoms with Crippen LogP contribution in [0.15, 0.2) is 72.2 Å². The van der Waals surface area contributed by atoms with Gasteiger partial charge >= 0.3 is 6.18 Å². The SMILES string of the molecule is Cc1ncsc1-c1ccc(CNC(=O)[C@@H]2C[C@@H](O)CN2C(=O)[C@@H](NC(=O)COCCOc2ccc(N3C(=S)N(c4ccc(C#N)c(C(F)(F)F)c4)C(=O)C3(C)C)cc2)C(C)(C)C)cc1. The zero-order valence-electron chi connectivity index (χ0n) is 36.0. The van der Waals surface area contributed by atoms with E-state index >= 15 is 0 Å². The van der Waals surface area contributed by atoms with Crippen molar-refractivity contribution in [3.63, 3.8) is 0 Å². The summed E-state index contributed by atoms with van der Waals surface area (Å²) in [6, 6.07) is 16.8. The minimum atomic E-state index is -4.83. The van der Waals surface area contributed by atoms with E-state index in [4.69, 9.17) is 21.7 Å². The largest absolute Gasteiger partial charge is 0.491 e. The number of aliphatic hydroxyl groups excluding tert-OH is 1. The van der Waals surface area contributed by atoms with Gasteiger partial charge in [0.15, 0.2) is 5.11 Å². The van der Waals surface area contributed by atoms with E-state index in [1.807, 2.05) is 31.2 Å². The van der Waals surface area contributed by atoms with Crippen LogP contribution in [0.5, 0.6) is 5.75 Å². The van der Waals surface area contributed by atoms with Crippen LogP contribution in [-0.4, -0.2) is 93.8 Å². The molecule has 1 aromatic heterocycles. The first-order valence-corrected chi connectivity index (χ1v) is 21.6. The molecule has 64 heavy (non-hydrogen) atoms. The molecule has 6 rings (SSSR count). The summed E-state index contributed by atoms with van der Waals surface area (Å²) in [5.41, 5.74) is 1.15.